The summed E-state index contributed by atoms with van der Waals surface area (Å²) in [5.41, 5.74) is 1.88. The van der Waals surface area contributed by atoms with Crippen molar-refractivity contribution in [2.45, 2.75) is 58.8 Å². The van der Waals surface area contributed by atoms with Crippen molar-refractivity contribution in [1.82, 2.24) is 9.80 Å². The minimum Gasteiger partial charge on any atom is -0.333 e. The lowest BCUT2D eigenvalue weighted by atomic mass is 10.0. The molecule has 1 aromatic rings. The first-order valence-corrected chi connectivity index (χ1v) is 10.9. The molecule has 0 radical (unpaired) electrons. The number of rotatable bonds is 8. The molecule has 0 aromatic heterocycles. The molecule has 1 aromatic carbocycles. The first-order chi connectivity index (χ1) is 14.0. The Bertz CT molecular complexity index is 743. The van der Waals surface area contributed by atoms with Crippen LogP contribution in [0.25, 0.3) is 0 Å². The van der Waals surface area contributed by atoms with Crippen molar-refractivity contribution in [3.63, 3.8) is 0 Å². The summed E-state index contributed by atoms with van der Waals surface area (Å²) in [5, 5.41) is 0. The molecule has 0 atom stereocenters. The van der Waals surface area contributed by atoms with Crippen LogP contribution >= 0.6 is 0 Å². The van der Waals surface area contributed by atoms with E-state index in [1.54, 1.807) is 14.7 Å². The molecule has 158 valence electrons. The van der Waals surface area contributed by atoms with Crippen LogP contribution in [0.15, 0.2) is 24.3 Å². The van der Waals surface area contributed by atoms with Gasteiger partial charge in [0.15, 0.2) is 0 Å². The van der Waals surface area contributed by atoms with Crippen LogP contribution in [0.3, 0.4) is 0 Å². The highest BCUT2D eigenvalue weighted by Gasteiger charge is 2.33. The van der Waals surface area contributed by atoms with Gasteiger partial charge < -0.3 is 9.80 Å². The van der Waals surface area contributed by atoms with Gasteiger partial charge in [0.05, 0.1) is 6.54 Å². The summed E-state index contributed by atoms with van der Waals surface area (Å²) in [6, 6.07) is 7.72. The standard InChI is InChI=1S/C23H33N3O3/c1-3-13-24(21(27)12-11-19-8-4-5-9-19)15-22(28)25-16-23(29)26(17-25)20-10-6-7-18(2)14-20/h6-7,10,14,19H,3-5,8-9,11-13,15-17H2,1-2H3. The summed E-state index contributed by atoms with van der Waals surface area (Å²) in [6.45, 7) is 4.96. The van der Waals surface area contributed by atoms with Crippen molar-refractivity contribution in [3.8, 4) is 0 Å². The van der Waals surface area contributed by atoms with Crippen molar-refractivity contribution in [2.75, 3.05) is 31.2 Å². The number of hydrogen-bond donors (Lipinski definition) is 0. The first-order valence-electron chi connectivity index (χ1n) is 10.9. The Hall–Kier alpha value is -2.37. The average Bonchev–Trinajstić information content (AvgIpc) is 3.35. The normalized spacial score (nSPS) is 17.2. The van der Waals surface area contributed by atoms with Gasteiger partial charge in [-0.2, -0.15) is 0 Å². The van der Waals surface area contributed by atoms with Gasteiger partial charge in [-0.3, -0.25) is 19.3 Å². The maximum absolute atomic E-state index is 12.8. The zero-order valence-corrected chi connectivity index (χ0v) is 17.7. The highest BCUT2D eigenvalue weighted by Crippen LogP contribution is 2.28. The summed E-state index contributed by atoms with van der Waals surface area (Å²) in [6.07, 6.45) is 7.27. The first kappa shape index (κ1) is 21.3. The van der Waals surface area contributed by atoms with E-state index in [0.717, 1.165) is 24.1 Å². The summed E-state index contributed by atoms with van der Waals surface area (Å²) in [5.74, 6) is 0.486. The number of nitrogens with zero attached hydrogens (tertiary/aromatic N) is 3. The highest BCUT2D eigenvalue weighted by molar-refractivity contribution is 6.00. The third-order valence-corrected chi connectivity index (χ3v) is 6.02. The molecule has 1 aliphatic heterocycles. The summed E-state index contributed by atoms with van der Waals surface area (Å²) in [7, 11) is 0. The van der Waals surface area contributed by atoms with E-state index in [0.29, 0.717) is 18.9 Å². The van der Waals surface area contributed by atoms with Crippen molar-refractivity contribution < 1.29 is 14.4 Å². The zero-order valence-electron chi connectivity index (χ0n) is 17.7. The maximum Gasteiger partial charge on any atom is 0.248 e. The van der Waals surface area contributed by atoms with Crippen LogP contribution < -0.4 is 4.90 Å². The largest absolute Gasteiger partial charge is 0.333 e. The van der Waals surface area contributed by atoms with Gasteiger partial charge in [-0.05, 0) is 43.4 Å². The fourth-order valence-corrected chi connectivity index (χ4v) is 4.35. The molecular formula is C23H33N3O3. The Morgan fingerprint density at radius 3 is 2.66 bits per heavy atom. The maximum atomic E-state index is 12.8. The second-order valence-corrected chi connectivity index (χ2v) is 8.40. The van der Waals surface area contributed by atoms with Gasteiger partial charge in [0.25, 0.3) is 0 Å². The Labute approximate surface area is 173 Å². The van der Waals surface area contributed by atoms with Crippen molar-refractivity contribution in [3.05, 3.63) is 29.8 Å². The third kappa shape index (κ3) is 5.58. The molecule has 3 rings (SSSR count). The van der Waals surface area contributed by atoms with E-state index in [9.17, 15) is 14.4 Å². The molecular weight excluding hydrogens is 366 g/mol. The molecule has 0 N–H and O–H groups in total. The van der Waals surface area contributed by atoms with Crippen LogP contribution in [0.1, 0.15) is 57.4 Å². The van der Waals surface area contributed by atoms with Crippen LogP contribution in [0.4, 0.5) is 5.69 Å². The van der Waals surface area contributed by atoms with Crippen LogP contribution in [0.2, 0.25) is 0 Å². The molecule has 6 nitrogen and oxygen atoms in total. The van der Waals surface area contributed by atoms with Crippen molar-refractivity contribution >= 4 is 23.4 Å². The van der Waals surface area contributed by atoms with Gasteiger partial charge >= 0.3 is 0 Å². The molecule has 6 heteroatoms. The molecule has 0 bridgehead atoms. The molecule has 1 heterocycles. The molecule has 3 amide bonds. The fourth-order valence-electron chi connectivity index (χ4n) is 4.35. The smallest absolute Gasteiger partial charge is 0.248 e. The van der Waals surface area contributed by atoms with Gasteiger partial charge in [-0.25, -0.2) is 0 Å². The number of amides is 3. The van der Waals surface area contributed by atoms with Crippen LogP contribution in [-0.2, 0) is 14.4 Å². The molecule has 1 aliphatic carbocycles. The zero-order chi connectivity index (χ0) is 20.8. The monoisotopic (exact) mass is 399 g/mol. The molecule has 2 aliphatic rings. The Morgan fingerprint density at radius 2 is 1.97 bits per heavy atom. The molecule has 1 saturated heterocycles. The van der Waals surface area contributed by atoms with E-state index in [-0.39, 0.29) is 37.5 Å². The number of anilines is 1. The van der Waals surface area contributed by atoms with E-state index in [2.05, 4.69) is 0 Å². The predicted molar refractivity (Wildman–Crippen MR) is 113 cm³/mol. The van der Waals surface area contributed by atoms with E-state index in [4.69, 9.17) is 0 Å². The predicted octanol–water partition coefficient (Wildman–Crippen LogP) is 3.34. The van der Waals surface area contributed by atoms with Crippen LogP contribution in [0.5, 0.6) is 0 Å². The molecule has 29 heavy (non-hydrogen) atoms. The topological polar surface area (TPSA) is 60.9 Å². The summed E-state index contributed by atoms with van der Waals surface area (Å²) >= 11 is 0. The fraction of sp³-hybridized carbons (Fsp3) is 0.609. The lowest BCUT2D eigenvalue weighted by molar-refractivity contribution is -0.140. The average molecular weight is 400 g/mol. The van der Waals surface area contributed by atoms with Crippen molar-refractivity contribution in [1.29, 1.82) is 0 Å². The SMILES string of the molecule is CCCN(CC(=O)N1CC(=O)N(c2cccc(C)c2)C1)C(=O)CCC1CCCC1. The Kier molecular flexibility index (Phi) is 7.29. The second-order valence-electron chi connectivity index (χ2n) is 8.40. The number of aryl methyl sites for hydroxylation is 1. The molecule has 2 fully saturated rings. The van der Waals surface area contributed by atoms with Gasteiger partial charge in [-0.1, -0.05) is 44.7 Å². The molecule has 0 spiro atoms. The number of carbonyl (C=O) groups is 3. The van der Waals surface area contributed by atoms with Crippen molar-refractivity contribution in [2.24, 2.45) is 5.92 Å². The number of carbonyl (C=O) groups excluding carboxylic acids is 3. The Morgan fingerprint density at radius 1 is 1.21 bits per heavy atom. The highest BCUT2D eigenvalue weighted by atomic mass is 16.2. The second kappa shape index (κ2) is 9.90. The van der Waals surface area contributed by atoms with E-state index < -0.39 is 0 Å². The lowest BCUT2D eigenvalue weighted by Gasteiger charge is -2.25. The van der Waals surface area contributed by atoms with E-state index in [1.165, 1.54) is 25.7 Å². The number of benzene rings is 1. The van der Waals surface area contributed by atoms with Gasteiger partial charge in [0.2, 0.25) is 17.7 Å². The lowest BCUT2D eigenvalue weighted by Crippen LogP contribution is -2.43. The van der Waals surface area contributed by atoms with Gasteiger partial charge in [0.1, 0.15) is 13.2 Å². The van der Waals surface area contributed by atoms with Crippen LogP contribution in [0, 0.1) is 12.8 Å². The minimum atomic E-state index is -0.156. The molecule has 0 unspecified atom stereocenters. The summed E-state index contributed by atoms with van der Waals surface area (Å²) < 4.78 is 0. The van der Waals surface area contributed by atoms with Gasteiger partial charge in [-0.15, -0.1) is 0 Å². The quantitative estimate of drug-likeness (QED) is 0.674. The van der Waals surface area contributed by atoms with Gasteiger partial charge in [0, 0.05) is 18.7 Å². The van der Waals surface area contributed by atoms with E-state index in [1.807, 2.05) is 38.1 Å². The van der Waals surface area contributed by atoms with E-state index >= 15 is 0 Å². The Balaban J connectivity index is 1.56. The minimum absolute atomic E-state index is 0.0618. The third-order valence-electron chi connectivity index (χ3n) is 6.02. The van der Waals surface area contributed by atoms with Crippen LogP contribution in [-0.4, -0.2) is 53.8 Å². The molecule has 1 saturated carbocycles. The number of hydrogen-bond acceptors (Lipinski definition) is 3. The summed E-state index contributed by atoms with van der Waals surface area (Å²) in [4.78, 5) is 42.9.